The topological polar surface area (TPSA) is 61.3 Å². The zero-order valence-corrected chi connectivity index (χ0v) is 9.86. The monoisotopic (exact) mass is 230 g/mol. The lowest BCUT2D eigenvalue weighted by Gasteiger charge is -2.21. The largest absolute Gasteiger partial charge is 0.497 e. The number of methoxy groups -OCH3 is 1. The fourth-order valence-electron chi connectivity index (χ4n) is 2.44. The van der Waals surface area contributed by atoms with Crippen LogP contribution in [0.15, 0.2) is 22.7 Å². The molecule has 17 heavy (non-hydrogen) atoms. The van der Waals surface area contributed by atoms with Gasteiger partial charge >= 0.3 is 0 Å². The summed E-state index contributed by atoms with van der Waals surface area (Å²) >= 11 is 0. The number of hydrogen-bond acceptors (Lipinski definition) is 4. The summed E-state index contributed by atoms with van der Waals surface area (Å²) in [5, 5.41) is 3.85. The van der Waals surface area contributed by atoms with Crippen molar-refractivity contribution >= 4 is 5.82 Å². The lowest BCUT2D eigenvalue weighted by molar-refractivity contribution is 0.412. The summed E-state index contributed by atoms with van der Waals surface area (Å²) in [5.41, 5.74) is 9.13. The van der Waals surface area contributed by atoms with Gasteiger partial charge in [-0.05, 0) is 30.0 Å². The van der Waals surface area contributed by atoms with Crippen molar-refractivity contribution in [3.8, 4) is 17.1 Å². The van der Waals surface area contributed by atoms with E-state index >= 15 is 0 Å². The van der Waals surface area contributed by atoms with Gasteiger partial charge in [0.2, 0.25) is 0 Å². The molecular weight excluding hydrogens is 216 g/mol. The van der Waals surface area contributed by atoms with E-state index in [0.717, 1.165) is 29.1 Å². The molecule has 0 spiro atoms. The summed E-state index contributed by atoms with van der Waals surface area (Å²) in [6.45, 7) is 2.18. The number of benzene rings is 1. The van der Waals surface area contributed by atoms with E-state index in [9.17, 15) is 0 Å². The number of anilines is 1. The first-order chi connectivity index (χ1) is 8.20. The van der Waals surface area contributed by atoms with Crippen LogP contribution in [0, 0.1) is 0 Å². The Morgan fingerprint density at radius 1 is 1.47 bits per heavy atom. The Labute approximate surface area is 99.4 Å². The van der Waals surface area contributed by atoms with E-state index in [0.29, 0.717) is 11.7 Å². The van der Waals surface area contributed by atoms with Crippen LogP contribution in [0.2, 0.25) is 0 Å². The molecular formula is C13H14N2O2. The number of ether oxygens (including phenoxy) is 1. The Bertz CT molecular complexity index is 575. The first-order valence-corrected chi connectivity index (χ1v) is 5.63. The molecule has 1 heterocycles. The van der Waals surface area contributed by atoms with Crippen molar-refractivity contribution in [3.63, 3.8) is 0 Å². The number of fused-ring (bicyclic) bond motifs is 3. The molecule has 1 aromatic heterocycles. The minimum Gasteiger partial charge on any atom is -0.497 e. The van der Waals surface area contributed by atoms with E-state index in [1.807, 2.05) is 12.1 Å². The summed E-state index contributed by atoms with van der Waals surface area (Å²) in [5.74, 6) is 2.53. The van der Waals surface area contributed by atoms with Gasteiger partial charge in [-0.3, -0.25) is 0 Å². The third kappa shape index (κ3) is 1.40. The predicted octanol–water partition coefficient (Wildman–Crippen LogP) is 2.59. The van der Waals surface area contributed by atoms with Gasteiger partial charge in [-0.25, -0.2) is 0 Å². The summed E-state index contributed by atoms with van der Waals surface area (Å²) in [7, 11) is 1.66. The molecule has 2 aromatic rings. The van der Waals surface area contributed by atoms with E-state index in [1.165, 1.54) is 5.56 Å². The number of aromatic nitrogens is 1. The van der Waals surface area contributed by atoms with Crippen LogP contribution in [0.3, 0.4) is 0 Å². The third-order valence-corrected chi connectivity index (χ3v) is 3.36. The summed E-state index contributed by atoms with van der Waals surface area (Å²) in [4.78, 5) is 0. The van der Waals surface area contributed by atoms with Crippen LogP contribution in [0.25, 0.3) is 11.3 Å². The van der Waals surface area contributed by atoms with Gasteiger partial charge in [-0.15, -0.1) is 0 Å². The third-order valence-electron chi connectivity index (χ3n) is 3.36. The molecule has 1 aliphatic rings. The van der Waals surface area contributed by atoms with Crippen molar-refractivity contribution in [2.24, 2.45) is 0 Å². The van der Waals surface area contributed by atoms with E-state index in [4.69, 9.17) is 15.0 Å². The lowest BCUT2D eigenvalue weighted by Crippen LogP contribution is -2.08. The molecule has 1 aromatic carbocycles. The van der Waals surface area contributed by atoms with Crippen LogP contribution in [0.5, 0.6) is 5.75 Å². The average Bonchev–Trinajstić information content (AvgIpc) is 2.71. The molecule has 0 amide bonds. The second kappa shape index (κ2) is 3.52. The van der Waals surface area contributed by atoms with Crippen molar-refractivity contribution in [1.82, 2.24) is 5.16 Å². The van der Waals surface area contributed by atoms with Crippen molar-refractivity contribution in [1.29, 1.82) is 0 Å². The number of nitrogen functional groups attached to an aromatic ring is 1. The van der Waals surface area contributed by atoms with Gasteiger partial charge in [-0.2, -0.15) is 0 Å². The smallest absolute Gasteiger partial charge is 0.172 e. The normalized spacial score (nSPS) is 17.4. The molecule has 0 radical (unpaired) electrons. The molecule has 1 atom stereocenters. The highest BCUT2D eigenvalue weighted by molar-refractivity contribution is 5.73. The fourth-order valence-corrected chi connectivity index (χ4v) is 2.44. The lowest BCUT2D eigenvalue weighted by atomic mass is 9.83. The van der Waals surface area contributed by atoms with Crippen LogP contribution in [-0.2, 0) is 6.42 Å². The maximum atomic E-state index is 5.82. The Hall–Kier alpha value is -1.97. The van der Waals surface area contributed by atoms with Crippen LogP contribution in [0.4, 0.5) is 5.82 Å². The molecule has 1 aliphatic carbocycles. The van der Waals surface area contributed by atoms with E-state index < -0.39 is 0 Å². The van der Waals surface area contributed by atoms with Gasteiger partial charge in [-0.1, -0.05) is 18.1 Å². The van der Waals surface area contributed by atoms with E-state index in [2.05, 4.69) is 18.1 Å². The molecule has 2 N–H and O–H groups in total. The molecule has 4 nitrogen and oxygen atoms in total. The van der Waals surface area contributed by atoms with Gasteiger partial charge < -0.3 is 15.0 Å². The Morgan fingerprint density at radius 2 is 2.29 bits per heavy atom. The summed E-state index contributed by atoms with van der Waals surface area (Å²) < 4.78 is 10.6. The Morgan fingerprint density at radius 3 is 3.06 bits per heavy atom. The van der Waals surface area contributed by atoms with Gasteiger partial charge in [0.15, 0.2) is 11.6 Å². The predicted molar refractivity (Wildman–Crippen MR) is 65.0 cm³/mol. The van der Waals surface area contributed by atoms with Crippen LogP contribution >= 0.6 is 0 Å². The van der Waals surface area contributed by atoms with Gasteiger partial charge in [0.1, 0.15) is 5.75 Å². The van der Waals surface area contributed by atoms with Gasteiger partial charge in [0.05, 0.1) is 7.11 Å². The number of hydrogen-bond donors (Lipinski definition) is 1. The molecule has 0 bridgehead atoms. The van der Waals surface area contributed by atoms with Gasteiger partial charge in [0, 0.05) is 11.1 Å². The Kier molecular flexibility index (Phi) is 2.11. The summed E-state index contributed by atoms with van der Waals surface area (Å²) in [6, 6.07) is 6.04. The van der Waals surface area contributed by atoms with Crippen molar-refractivity contribution in [2.75, 3.05) is 12.8 Å². The molecule has 4 heteroatoms. The average molecular weight is 230 g/mol. The standard InChI is InChI=1S/C13H14N2O2/c1-7-5-11-12(17-15-13(11)14)10-6-8(16-2)3-4-9(7)10/h3-4,6-7H,5H2,1-2H3,(H2,14,15). The molecule has 0 saturated heterocycles. The molecule has 88 valence electrons. The molecule has 3 rings (SSSR count). The second-order valence-electron chi connectivity index (χ2n) is 4.43. The first-order valence-electron chi connectivity index (χ1n) is 5.63. The maximum absolute atomic E-state index is 5.82. The number of rotatable bonds is 1. The van der Waals surface area contributed by atoms with E-state index in [1.54, 1.807) is 7.11 Å². The highest BCUT2D eigenvalue weighted by atomic mass is 16.5. The minimum absolute atomic E-state index is 0.421. The summed E-state index contributed by atoms with van der Waals surface area (Å²) in [6.07, 6.45) is 0.879. The van der Waals surface area contributed by atoms with Crippen LogP contribution < -0.4 is 10.5 Å². The van der Waals surface area contributed by atoms with Crippen molar-refractivity contribution < 1.29 is 9.26 Å². The first kappa shape index (κ1) is 10.2. The zero-order valence-electron chi connectivity index (χ0n) is 9.86. The van der Waals surface area contributed by atoms with E-state index in [-0.39, 0.29) is 0 Å². The SMILES string of the molecule is COc1ccc2c(c1)-c1onc(N)c1CC2C. The highest BCUT2D eigenvalue weighted by Gasteiger charge is 2.27. The zero-order chi connectivity index (χ0) is 12.0. The maximum Gasteiger partial charge on any atom is 0.172 e. The molecule has 0 saturated carbocycles. The van der Waals surface area contributed by atoms with Crippen molar-refractivity contribution in [2.45, 2.75) is 19.3 Å². The molecule has 0 fully saturated rings. The highest BCUT2D eigenvalue weighted by Crippen LogP contribution is 2.42. The van der Waals surface area contributed by atoms with Gasteiger partial charge in [0.25, 0.3) is 0 Å². The Balaban J connectivity index is 2.25. The second-order valence-corrected chi connectivity index (χ2v) is 4.43. The molecule has 0 aliphatic heterocycles. The van der Waals surface area contributed by atoms with Crippen molar-refractivity contribution in [3.05, 3.63) is 29.3 Å². The number of nitrogens with zero attached hydrogens (tertiary/aromatic N) is 1. The molecule has 1 unspecified atom stereocenters. The van der Waals surface area contributed by atoms with Crippen LogP contribution in [-0.4, -0.2) is 12.3 Å². The quantitative estimate of drug-likeness (QED) is 0.818. The minimum atomic E-state index is 0.421. The number of nitrogens with two attached hydrogens (primary N) is 1. The fraction of sp³-hybridized carbons (Fsp3) is 0.308. The van der Waals surface area contributed by atoms with Crippen LogP contribution in [0.1, 0.15) is 24.0 Å².